The largest absolute Gasteiger partial charge is 0.497 e. The Labute approximate surface area is 162 Å². The van der Waals surface area contributed by atoms with Gasteiger partial charge in [0.25, 0.3) is 0 Å². The maximum absolute atomic E-state index is 12.8. The minimum absolute atomic E-state index is 0.176. The summed E-state index contributed by atoms with van der Waals surface area (Å²) >= 11 is 0. The van der Waals surface area contributed by atoms with Crippen molar-refractivity contribution in [3.05, 3.63) is 35.4 Å². The first-order valence-electron chi connectivity index (χ1n) is 9.61. The maximum atomic E-state index is 12.8. The van der Waals surface area contributed by atoms with Crippen molar-refractivity contribution in [2.45, 2.75) is 45.0 Å². The van der Waals surface area contributed by atoms with Crippen molar-refractivity contribution in [3.63, 3.8) is 0 Å². The number of nitrogens with one attached hydrogen (secondary N) is 1. The number of likely N-dealkylation sites (tertiary alicyclic amines) is 1. The topological polar surface area (TPSA) is 64.4 Å². The summed E-state index contributed by atoms with van der Waals surface area (Å²) in [6.45, 7) is 2.11. The molecule has 4 rings (SSSR count). The molecule has 0 unspecified atom stereocenters. The zero-order valence-corrected chi connectivity index (χ0v) is 15.9. The van der Waals surface area contributed by atoms with Gasteiger partial charge in [0.15, 0.2) is 0 Å². The first kappa shape index (κ1) is 19.1. The van der Waals surface area contributed by atoms with E-state index < -0.39 is 6.61 Å². The van der Waals surface area contributed by atoms with Crippen LogP contribution in [-0.4, -0.2) is 53.0 Å². The van der Waals surface area contributed by atoms with Gasteiger partial charge in [-0.3, -0.25) is 4.90 Å². The number of alkyl halides is 2. The molecule has 1 aromatic heterocycles. The normalized spacial score (nSPS) is 18.3. The fraction of sp³-hybridized carbons (Fsp3) is 0.579. The Morgan fingerprint density at radius 3 is 2.79 bits per heavy atom. The van der Waals surface area contributed by atoms with Gasteiger partial charge in [0.2, 0.25) is 0 Å². The molecule has 2 aliphatic heterocycles. The first-order valence-corrected chi connectivity index (χ1v) is 9.61. The van der Waals surface area contributed by atoms with Crippen LogP contribution in [0, 0.1) is 0 Å². The van der Waals surface area contributed by atoms with Crippen LogP contribution in [0.4, 0.5) is 8.78 Å². The zero-order valence-electron chi connectivity index (χ0n) is 15.9. The summed E-state index contributed by atoms with van der Waals surface area (Å²) in [5.74, 6) is 3.17. The van der Waals surface area contributed by atoms with E-state index in [-0.39, 0.29) is 5.75 Å². The molecule has 0 saturated carbocycles. The number of benzene rings is 1. The Balaban J connectivity index is 1.40. The van der Waals surface area contributed by atoms with Crippen LogP contribution in [0.3, 0.4) is 0 Å². The highest BCUT2D eigenvalue weighted by Crippen LogP contribution is 2.31. The Kier molecular flexibility index (Phi) is 5.72. The Morgan fingerprint density at radius 2 is 2.04 bits per heavy atom. The van der Waals surface area contributed by atoms with Gasteiger partial charge < -0.3 is 19.4 Å². The van der Waals surface area contributed by atoms with E-state index in [9.17, 15) is 8.78 Å². The van der Waals surface area contributed by atoms with Gasteiger partial charge in [-0.1, -0.05) is 6.07 Å². The van der Waals surface area contributed by atoms with Crippen LogP contribution in [-0.2, 0) is 19.6 Å². The van der Waals surface area contributed by atoms with Crippen LogP contribution < -0.4 is 14.8 Å². The highest BCUT2D eigenvalue weighted by atomic mass is 19.3. The molecule has 0 atom stereocenters. The van der Waals surface area contributed by atoms with Crippen LogP contribution in [0.25, 0.3) is 0 Å². The molecule has 1 N–H and O–H groups in total. The van der Waals surface area contributed by atoms with E-state index in [4.69, 9.17) is 9.47 Å². The van der Waals surface area contributed by atoms with Crippen molar-refractivity contribution in [3.8, 4) is 11.5 Å². The van der Waals surface area contributed by atoms with Crippen molar-refractivity contribution in [2.24, 2.45) is 0 Å². The highest BCUT2D eigenvalue weighted by molar-refractivity contribution is 5.40. The minimum Gasteiger partial charge on any atom is -0.497 e. The summed E-state index contributed by atoms with van der Waals surface area (Å²) in [7, 11) is 1.51. The molecule has 2 aromatic rings. The molecule has 0 amide bonds. The van der Waals surface area contributed by atoms with E-state index in [2.05, 4.69) is 25.0 Å². The number of nitrogens with zero attached hydrogens (tertiary/aromatic N) is 4. The maximum Gasteiger partial charge on any atom is 0.387 e. The van der Waals surface area contributed by atoms with Gasteiger partial charge in [-0.25, -0.2) is 0 Å². The quantitative estimate of drug-likeness (QED) is 0.813. The Hall–Kier alpha value is -2.26. The molecular formula is C19H25F2N5O2. The van der Waals surface area contributed by atoms with E-state index in [0.29, 0.717) is 18.2 Å². The lowest BCUT2D eigenvalue weighted by Crippen LogP contribution is -2.34. The van der Waals surface area contributed by atoms with Crippen LogP contribution in [0.5, 0.6) is 11.5 Å². The van der Waals surface area contributed by atoms with Crippen molar-refractivity contribution in [2.75, 3.05) is 26.7 Å². The predicted molar refractivity (Wildman–Crippen MR) is 98.6 cm³/mol. The Bertz CT molecular complexity index is 806. The SMILES string of the molecule is COc1ccc(CN2CCC(c3nnc4n3CCNC4)CC2)c(OC(F)F)c1. The Morgan fingerprint density at radius 1 is 1.21 bits per heavy atom. The lowest BCUT2D eigenvalue weighted by atomic mass is 9.95. The summed E-state index contributed by atoms with van der Waals surface area (Å²) in [5.41, 5.74) is 0.741. The first-order chi connectivity index (χ1) is 13.6. The summed E-state index contributed by atoms with van der Waals surface area (Å²) in [5, 5.41) is 12.1. The molecule has 0 bridgehead atoms. The van der Waals surface area contributed by atoms with Crippen LogP contribution >= 0.6 is 0 Å². The fourth-order valence-corrected chi connectivity index (χ4v) is 4.00. The van der Waals surface area contributed by atoms with Gasteiger partial charge in [-0.15, -0.1) is 10.2 Å². The third kappa shape index (κ3) is 4.10. The number of hydrogen-bond acceptors (Lipinski definition) is 6. The number of methoxy groups -OCH3 is 1. The number of piperidine rings is 1. The van der Waals surface area contributed by atoms with Crippen LogP contribution in [0.1, 0.15) is 36.0 Å². The molecule has 1 fully saturated rings. The van der Waals surface area contributed by atoms with Crippen molar-refractivity contribution >= 4 is 0 Å². The molecule has 0 aliphatic carbocycles. The molecule has 9 heteroatoms. The molecule has 7 nitrogen and oxygen atoms in total. The standard InChI is InChI=1S/C19H25F2N5O2/c1-27-15-3-2-14(16(10-15)28-19(20)21)12-25-7-4-13(5-8-25)18-24-23-17-11-22-6-9-26(17)18/h2-3,10,13,19,22H,4-9,11-12H2,1H3. The molecule has 152 valence electrons. The van der Waals surface area contributed by atoms with Gasteiger partial charge in [0.05, 0.1) is 13.7 Å². The smallest absolute Gasteiger partial charge is 0.387 e. The third-order valence-electron chi connectivity index (χ3n) is 5.49. The predicted octanol–water partition coefficient (Wildman–Crippen LogP) is 2.37. The molecule has 0 radical (unpaired) electrons. The van der Waals surface area contributed by atoms with Crippen molar-refractivity contribution < 1.29 is 18.3 Å². The lowest BCUT2D eigenvalue weighted by Gasteiger charge is -2.32. The number of rotatable bonds is 6. The highest BCUT2D eigenvalue weighted by Gasteiger charge is 2.27. The molecule has 28 heavy (non-hydrogen) atoms. The van der Waals surface area contributed by atoms with E-state index in [1.165, 1.54) is 13.2 Å². The molecule has 1 saturated heterocycles. The van der Waals surface area contributed by atoms with Gasteiger partial charge in [-0.2, -0.15) is 8.78 Å². The fourth-order valence-electron chi connectivity index (χ4n) is 4.00. The molecular weight excluding hydrogens is 368 g/mol. The average Bonchev–Trinajstić information content (AvgIpc) is 3.13. The molecule has 0 spiro atoms. The second-order valence-corrected chi connectivity index (χ2v) is 7.21. The monoisotopic (exact) mass is 393 g/mol. The van der Waals surface area contributed by atoms with Gasteiger partial charge in [-0.05, 0) is 32.0 Å². The second kappa shape index (κ2) is 8.40. The lowest BCUT2D eigenvalue weighted by molar-refractivity contribution is -0.0509. The van der Waals surface area contributed by atoms with E-state index >= 15 is 0 Å². The number of ether oxygens (including phenoxy) is 2. The molecule has 3 heterocycles. The second-order valence-electron chi connectivity index (χ2n) is 7.21. The summed E-state index contributed by atoms with van der Waals surface area (Å²) in [6, 6.07) is 5.09. The van der Waals surface area contributed by atoms with Gasteiger partial charge >= 0.3 is 6.61 Å². The zero-order chi connectivity index (χ0) is 19.5. The van der Waals surface area contributed by atoms with Crippen molar-refractivity contribution in [1.29, 1.82) is 0 Å². The molecule has 2 aliphatic rings. The number of hydrogen-bond donors (Lipinski definition) is 1. The molecule has 1 aromatic carbocycles. The van der Waals surface area contributed by atoms with E-state index in [0.717, 1.165) is 62.8 Å². The van der Waals surface area contributed by atoms with E-state index in [1.54, 1.807) is 12.1 Å². The number of aromatic nitrogens is 3. The van der Waals surface area contributed by atoms with Crippen LogP contribution in [0.15, 0.2) is 18.2 Å². The van der Waals surface area contributed by atoms with E-state index in [1.807, 2.05) is 0 Å². The minimum atomic E-state index is -2.86. The summed E-state index contributed by atoms with van der Waals surface area (Å²) < 4.78 is 37.6. The number of halogens is 2. The van der Waals surface area contributed by atoms with Crippen LogP contribution in [0.2, 0.25) is 0 Å². The average molecular weight is 393 g/mol. The van der Waals surface area contributed by atoms with Gasteiger partial charge in [0, 0.05) is 37.2 Å². The van der Waals surface area contributed by atoms with Crippen molar-refractivity contribution in [1.82, 2.24) is 25.0 Å². The summed E-state index contributed by atoms with van der Waals surface area (Å²) in [4.78, 5) is 2.27. The third-order valence-corrected chi connectivity index (χ3v) is 5.49. The van der Waals surface area contributed by atoms with Gasteiger partial charge in [0.1, 0.15) is 23.1 Å². The number of fused-ring (bicyclic) bond motifs is 1. The summed E-state index contributed by atoms with van der Waals surface area (Å²) in [6.07, 6.45) is 1.96.